The number of rotatable bonds is 7. The fraction of sp³-hybridized carbons (Fsp3) is 0.211. The highest BCUT2D eigenvalue weighted by atomic mass is 16.5. The molecule has 0 radical (unpaired) electrons. The lowest BCUT2D eigenvalue weighted by atomic mass is 10.2. The van der Waals surface area contributed by atoms with Gasteiger partial charge < -0.3 is 24.8 Å². The quantitative estimate of drug-likeness (QED) is 0.719. The molecule has 0 fully saturated rings. The molecule has 2 rings (SSSR count). The molecule has 8 nitrogen and oxygen atoms in total. The molecule has 2 amide bonds. The van der Waals surface area contributed by atoms with E-state index in [-0.39, 0.29) is 17.2 Å². The summed E-state index contributed by atoms with van der Waals surface area (Å²) in [7, 11) is 4.37. The third-order valence-corrected chi connectivity index (χ3v) is 3.59. The van der Waals surface area contributed by atoms with Gasteiger partial charge in [-0.2, -0.15) is 0 Å². The Kier molecular flexibility index (Phi) is 6.76. The van der Waals surface area contributed by atoms with Gasteiger partial charge in [0.2, 0.25) is 0 Å². The number of nitrogens with one attached hydrogen (secondary N) is 2. The highest BCUT2D eigenvalue weighted by Crippen LogP contribution is 2.31. The molecule has 2 aromatic rings. The summed E-state index contributed by atoms with van der Waals surface area (Å²) < 4.78 is 15.3. The maximum atomic E-state index is 12.2. The largest absolute Gasteiger partial charge is 0.493 e. The van der Waals surface area contributed by atoms with Crippen LogP contribution in [0.15, 0.2) is 42.5 Å². The number of methoxy groups -OCH3 is 2. The first-order valence-electron chi connectivity index (χ1n) is 8.00. The molecular formula is C19H20N2O6. The number of para-hydroxylation sites is 1. The standard InChI is InChI=1S/C19H20N2O6/c1-20-18(23)12-6-4-7-13(10-12)21-16(22)11-27-19(24)14-8-5-9-15(25-2)17(14)26-3/h4-10H,11H2,1-3H3,(H,20,23)(H,21,22). The van der Waals surface area contributed by atoms with Crippen LogP contribution in [0.2, 0.25) is 0 Å². The summed E-state index contributed by atoms with van der Waals surface area (Å²) in [6, 6.07) is 11.1. The maximum Gasteiger partial charge on any atom is 0.342 e. The van der Waals surface area contributed by atoms with Gasteiger partial charge in [0.25, 0.3) is 11.8 Å². The van der Waals surface area contributed by atoms with Gasteiger partial charge in [-0.1, -0.05) is 12.1 Å². The Balaban J connectivity index is 2.00. The second-order valence-corrected chi connectivity index (χ2v) is 5.33. The molecule has 0 saturated heterocycles. The first kappa shape index (κ1) is 19.8. The minimum absolute atomic E-state index is 0.145. The van der Waals surface area contributed by atoms with Crippen molar-refractivity contribution in [3.63, 3.8) is 0 Å². The van der Waals surface area contributed by atoms with Crippen LogP contribution in [-0.4, -0.2) is 45.7 Å². The number of esters is 1. The van der Waals surface area contributed by atoms with Crippen LogP contribution in [0.5, 0.6) is 11.5 Å². The second-order valence-electron chi connectivity index (χ2n) is 5.33. The first-order chi connectivity index (χ1) is 13.0. The molecule has 0 saturated carbocycles. The van der Waals surface area contributed by atoms with E-state index in [1.54, 1.807) is 30.3 Å². The molecule has 27 heavy (non-hydrogen) atoms. The van der Waals surface area contributed by atoms with Gasteiger partial charge >= 0.3 is 5.97 Å². The van der Waals surface area contributed by atoms with Crippen LogP contribution in [0.25, 0.3) is 0 Å². The Morgan fingerprint density at radius 1 is 1.00 bits per heavy atom. The Hall–Kier alpha value is -3.55. The Morgan fingerprint density at radius 2 is 1.74 bits per heavy atom. The average Bonchev–Trinajstić information content (AvgIpc) is 2.70. The van der Waals surface area contributed by atoms with Crippen molar-refractivity contribution in [2.24, 2.45) is 0 Å². The molecule has 2 aromatic carbocycles. The van der Waals surface area contributed by atoms with Gasteiger partial charge in [-0.05, 0) is 30.3 Å². The van der Waals surface area contributed by atoms with E-state index < -0.39 is 18.5 Å². The zero-order valence-corrected chi connectivity index (χ0v) is 15.2. The van der Waals surface area contributed by atoms with Crippen molar-refractivity contribution in [2.75, 3.05) is 33.2 Å². The number of amides is 2. The van der Waals surface area contributed by atoms with E-state index in [0.717, 1.165) is 0 Å². The van der Waals surface area contributed by atoms with E-state index in [1.165, 1.54) is 33.4 Å². The predicted molar refractivity (Wildman–Crippen MR) is 98.3 cm³/mol. The highest BCUT2D eigenvalue weighted by molar-refractivity contribution is 5.99. The normalized spacial score (nSPS) is 9.89. The van der Waals surface area contributed by atoms with Crippen LogP contribution < -0.4 is 20.1 Å². The number of benzene rings is 2. The van der Waals surface area contributed by atoms with Gasteiger partial charge in [0.15, 0.2) is 18.1 Å². The van der Waals surface area contributed by atoms with Gasteiger partial charge in [0.1, 0.15) is 5.56 Å². The summed E-state index contributed by atoms with van der Waals surface area (Å²) in [5, 5.41) is 5.06. The average molecular weight is 372 g/mol. The van der Waals surface area contributed by atoms with Gasteiger partial charge in [-0.15, -0.1) is 0 Å². The monoisotopic (exact) mass is 372 g/mol. The summed E-state index contributed by atoms with van der Waals surface area (Å²) in [4.78, 5) is 35.9. The van der Waals surface area contributed by atoms with Crippen molar-refractivity contribution in [1.29, 1.82) is 0 Å². The summed E-state index contributed by atoms with van der Waals surface area (Å²) in [6.45, 7) is -0.497. The van der Waals surface area contributed by atoms with E-state index in [1.807, 2.05) is 0 Å². The van der Waals surface area contributed by atoms with Gasteiger partial charge in [0, 0.05) is 18.3 Å². The molecule has 0 heterocycles. The molecule has 0 spiro atoms. The molecule has 0 unspecified atom stereocenters. The highest BCUT2D eigenvalue weighted by Gasteiger charge is 2.18. The number of hydrogen-bond acceptors (Lipinski definition) is 6. The molecule has 0 aliphatic rings. The lowest BCUT2D eigenvalue weighted by Gasteiger charge is -2.12. The van der Waals surface area contributed by atoms with E-state index >= 15 is 0 Å². The fourth-order valence-corrected chi connectivity index (χ4v) is 2.34. The molecule has 0 atom stereocenters. The first-order valence-corrected chi connectivity index (χ1v) is 8.00. The van der Waals surface area contributed by atoms with Crippen LogP contribution in [0.1, 0.15) is 20.7 Å². The zero-order chi connectivity index (χ0) is 19.8. The summed E-state index contributed by atoms with van der Waals surface area (Å²) in [6.07, 6.45) is 0. The molecule has 0 bridgehead atoms. The van der Waals surface area contributed by atoms with Crippen molar-refractivity contribution in [3.8, 4) is 11.5 Å². The van der Waals surface area contributed by atoms with Crippen LogP contribution >= 0.6 is 0 Å². The fourth-order valence-electron chi connectivity index (χ4n) is 2.34. The number of hydrogen-bond donors (Lipinski definition) is 2. The second kappa shape index (κ2) is 9.23. The summed E-state index contributed by atoms with van der Waals surface area (Å²) >= 11 is 0. The van der Waals surface area contributed by atoms with Crippen molar-refractivity contribution in [1.82, 2.24) is 5.32 Å². The van der Waals surface area contributed by atoms with Crippen molar-refractivity contribution < 1.29 is 28.6 Å². The summed E-state index contributed by atoms with van der Waals surface area (Å²) in [5.41, 5.74) is 0.954. The van der Waals surface area contributed by atoms with E-state index in [2.05, 4.69) is 10.6 Å². The Bertz CT molecular complexity index is 850. The third kappa shape index (κ3) is 4.97. The molecular weight excluding hydrogens is 352 g/mol. The van der Waals surface area contributed by atoms with Crippen molar-refractivity contribution in [3.05, 3.63) is 53.6 Å². The lowest BCUT2D eigenvalue weighted by molar-refractivity contribution is -0.119. The minimum Gasteiger partial charge on any atom is -0.493 e. The molecule has 0 aromatic heterocycles. The SMILES string of the molecule is CNC(=O)c1cccc(NC(=O)COC(=O)c2cccc(OC)c2OC)c1. The number of anilines is 1. The van der Waals surface area contributed by atoms with Gasteiger partial charge in [-0.3, -0.25) is 9.59 Å². The van der Waals surface area contributed by atoms with Crippen LogP contribution in [0.4, 0.5) is 5.69 Å². The molecule has 142 valence electrons. The summed E-state index contributed by atoms with van der Waals surface area (Å²) in [5.74, 6) is -0.937. The predicted octanol–water partition coefficient (Wildman–Crippen LogP) is 1.86. The van der Waals surface area contributed by atoms with Crippen LogP contribution in [-0.2, 0) is 9.53 Å². The van der Waals surface area contributed by atoms with Crippen LogP contribution in [0.3, 0.4) is 0 Å². The van der Waals surface area contributed by atoms with Crippen molar-refractivity contribution >= 4 is 23.5 Å². The van der Waals surface area contributed by atoms with Crippen molar-refractivity contribution in [2.45, 2.75) is 0 Å². The molecule has 0 aliphatic carbocycles. The minimum atomic E-state index is -0.722. The number of carbonyl (C=O) groups is 3. The topological polar surface area (TPSA) is 103 Å². The van der Waals surface area contributed by atoms with Crippen LogP contribution in [0, 0.1) is 0 Å². The van der Waals surface area contributed by atoms with E-state index in [0.29, 0.717) is 17.0 Å². The number of ether oxygens (including phenoxy) is 3. The van der Waals surface area contributed by atoms with E-state index in [4.69, 9.17) is 14.2 Å². The lowest BCUT2D eigenvalue weighted by Crippen LogP contribution is -2.22. The number of carbonyl (C=O) groups excluding carboxylic acids is 3. The smallest absolute Gasteiger partial charge is 0.342 e. The van der Waals surface area contributed by atoms with Gasteiger partial charge in [-0.25, -0.2) is 4.79 Å². The maximum absolute atomic E-state index is 12.2. The molecule has 8 heteroatoms. The van der Waals surface area contributed by atoms with Gasteiger partial charge in [0.05, 0.1) is 14.2 Å². The Labute approximate surface area is 156 Å². The molecule has 0 aliphatic heterocycles. The third-order valence-electron chi connectivity index (χ3n) is 3.59. The van der Waals surface area contributed by atoms with E-state index in [9.17, 15) is 14.4 Å². The molecule has 2 N–H and O–H groups in total. The Morgan fingerprint density at radius 3 is 2.41 bits per heavy atom. The zero-order valence-electron chi connectivity index (χ0n) is 15.2.